The molecule has 0 saturated carbocycles. The minimum Gasteiger partial charge on any atom is -0.490 e. The molecule has 0 radical (unpaired) electrons. The summed E-state index contributed by atoms with van der Waals surface area (Å²) in [6.07, 6.45) is 10.2. The minimum absolute atomic E-state index is 0.164. The molecule has 0 aromatic carbocycles. The number of ether oxygens (including phenoxy) is 1. The molecule has 1 heterocycles. The molecule has 13 heavy (non-hydrogen) atoms. The molecule has 70 valence electrons. The van der Waals surface area contributed by atoms with Gasteiger partial charge >= 0.3 is 0 Å². The van der Waals surface area contributed by atoms with Crippen LogP contribution in [0.5, 0.6) is 0 Å². The van der Waals surface area contributed by atoms with Crippen LogP contribution in [0.1, 0.15) is 27.2 Å². The number of hydrogen-bond acceptors (Lipinski definition) is 1. The second-order valence-electron chi connectivity index (χ2n) is 4.51. The smallest absolute Gasteiger partial charge is 0.122 e. The van der Waals surface area contributed by atoms with E-state index in [9.17, 15) is 0 Å². The molecule has 0 unspecified atom stereocenters. The lowest BCUT2D eigenvalue weighted by atomic mass is 9.93. The Labute approximate surface area is 79.8 Å². The largest absolute Gasteiger partial charge is 0.490 e. The predicted molar refractivity (Wildman–Crippen MR) is 54.3 cm³/mol. The van der Waals surface area contributed by atoms with Gasteiger partial charge < -0.3 is 4.74 Å². The van der Waals surface area contributed by atoms with Gasteiger partial charge in [0.2, 0.25) is 0 Å². The third kappa shape index (κ3) is 1.69. The number of hydrogen-bond donors (Lipinski definition) is 0. The van der Waals surface area contributed by atoms with Crippen molar-refractivity contribution in [2.45, 2.75) is 33.3 Å². The first-order valence-corrected chi connectivity index (χ1v) is 4.85. The number of allylic oxidation sites excluding steroid dienone is 4. The summed E-state index contributed by atoms with van der Waals surface area (Å²) >= 11 is 0. The maximum atomic E-state index is 5.68. The van der Waals surface area contributed by atoms with E-state index >= 15 is 0 Å². The van der Waals surface area contributed by atoms with Crippen molar-refractivity contribution in [2.75, 3.05) is 0 Å². The van der Waals surface area contributed by atoms with Crippen molar-refractivity contribution in [3.63, 3.8) is 0 Å². The van der Waals surface area contributed by atoms with Crippen LogP contribution < -0.4 is 0 Å². The zero-order valence-corrected chi connectivity index (χ0v) is 8.50. The molecule has 1 atom stereocenters. The molecule has 1 aliphatic heterocycles. The van der Waals surface area contributed by atoms with Gasteiger partial charge in [-0.15, -0.1) is 0 Å². The molecule has 0 aromatic rings. The molecule has 0 N–H and O–H groups in total. The van der Waals surface area contributed by atoms with E-state index in [4.69, 9.17) is 4.74 Å². The van der Waals surface area contributed by atoms with E-state index < -0.39 is 0 Å². The van der Waals surface area contributed by atoms with Gasteiger partial charge in [0.15, 0.2) is 0 Å². The highest BCUT2D eigenvalue weighted by Crippen LogP contribution is 2.32. The van der Waals surface area contributed by atoms with Crippen molar-refractivity contribution in [3.8, 4) is 0 Å². The molecular formula is C12H16O. The lowest BCUT2D eigenvalue weighted by Crippen LogP contribution is -2.03. The molecule has 1 nitrogen and oxygen atoms in total. The van der Waals surface area contributed by atoms with Crippen LogP contribution >= 0.6 is 0 Å². The highest BCUT2D eigenvalue weighted by atomic mass is 16.5. The first kappa shape index (κ1) is 8.61. The lowest BCUT2D eigenvalue weighted by molar-refractivity contribution is 0.169. The fraction of sp³-hybridized carbons (Fsp3) is 0.500. The van der Waals surface area contributed by atoms with Crippen molar-refractivity contribution < 1.29 is 4.74 Å². The summed E-state index contributed by atoms with van der Waals surface area (Å²) in [5.74, 6) is 1.06. The molecule has 0 aromatic heterocycles. The molecule has 0 amide bonds. The molecule has 1 aliphatic carbocycles. The second kappa shape index (κ2) is 2.76. The van der Waals surface area contributed by atoms with E-state index in [0.717, 1.165) is 12.2 Å². The van der Waals surface area contributed by atoms with E-state index in [1.165, 1.54) is 5.57 Å². The highest BCUT2D eigenvalue weighted by molar-refractivity contribution is 5.37. The van der Waals surface area contributed by atoms with Crippen LogP contribution in [-0.2, 0) is 4.74 Å². The number of rotatable bonds is 0. The Morgan fingerprint density at radius 1 is 1.31 bits per heavy atom. The Balaban J connectivity index is 2.29. The molecule has 2 aliphatic rings. The van der Waals surface area contributed by atoms with Crippen molar-refractivity contribution in [3.05, 3.63) is 35.6 Å². The topological polar surface area (TPSA) is 9.23 Å². The monoisotopic (exact) mass is 176 g/mol. The predicted octanol–water partition coefficient (Wildman–Crippen LogP) is 3.20. The summed E-state index contributed by atoms with van der Waals surface area (Å²) in [4.78, 5) is 0. The van der Waals surface area contributed by atoms with E-state index in [0.29, 0.717) is 6.10 Å². The highest BCUT2D eigenvalue weighted by Gasteiger charge is 2.22. The molecular weight excluding hydrogens is 160 g/mol. The Morgan fingerprint density at radius 2 is 2.00 bits per heavy atom. The Morgan fingerprint density at radius 3 is 2.77 bits per heavy atom. The average Bonchev–Trinajstić information content (AvgIpc) is 2.34. The third-order valence-corrected chi connectivity index (χ3v) is 2.53. The molecule has 2 rings (SSSR count). The van der Waals surface area contributed by atoms with Gasteiger partial charge in [0.05, 0.1) is 0 Å². The minimum atomic E-state index is 0.164. The van der Waals surface area contributed by atoms with Gasteiger partial charge in [-0.2, -0.15) is 0 Å². The van der Waals surface area contributed by atoms with Gasteiger partial charge in [0, 0.05) is 11.8 Å². The maximum absolute atomic E-state index is 5.68. The van der Waals surface area contributed by atoms with Crippen LogP contribution in [0.15, 0.2) is 35.6 Å². The zero-order valence-electron chi connectivity index (χ0n) is 8.50. The van der Waals surface area contributed by atoms with Crippen molar-refractivity contribution in [1.82, 2.24) is 0 Å². The van der Waals surface area contributed by atoms with Gasteiger partial charge in [-0.3, -0.25) is 0 Å². The Bertz CT molecular complexity index is 277. The first-order valence-electron chi connectivity index (χ1n) is 4.85. The van der Waals surface area contributed by atoms with Gasteiger partial charge in [-0.25, -0.2) is 0 Å². The molecule has 0 fully saturated rings. The van der Waals surface area contributed by atoms with Gasteiger partial charge in [-0.05, 0) is 18.6 Å². The SMILES string of the molecule is C[C@H]1CC2=C(C=CC(C)(C)C=C2)O1. The van der Waals surface area contributed by atoms with Crippen LogP contribution in [0.2, 0.25) is 0 Å². The summed E-state index contributed by atoms with van der Waals surface area (Å²) in [7, 11) is 0. The average molecular weight is 176 g/mol. The normalized spacial score (nSPS) is 29.9. The van der Waals surface area contributed by atoms with Gasteiger partial charge in [0.25, 0.3) is 0 Å². The van der Waals surface area contributed by atoms with Crippen molar-refractivity contribution in [2.24, 2.45) is 5.41 Å². The lowest BCUT2D eigenvalue weighted by Gasteiger charge is -2.13. The van der Waals surface area contributed by atoms with Gasteiger partial charge in [0.1, 0.15) is 11.9 Å². The van der Waals surface area contributed by atoms with Crippen LogP contribution in [-0.4, -0.2) is 6.10 Å². The third-order valence-electron chi connectivity index (χ3n) is 2.53. The first-order chi connectivity index (χ1) is 6.07. The van der Waals surface area contributed by atoms with Crippen molar-refractivity contribution >= 4 is 0 Å². The maximum Gasteiger partial charge on any atom is 0.122 e. The summed E-state index contributed by atoms with van der Waals surface area (Å²) in [6.45, 7) is 6.51. The summed E-state index contributed by atoms with van der Waals surface area (Å²) < 4.78 is 5.68. The van der Waals surface area contributed by atoms with Crippen molar-refractivity contribution in [1.29, 1.82) is 0 Å². The fourth-order valence-electron chi connectivity index (χ4n) is 1.70. The van der Waals surface area contributed by atoms with E-state index in [1.54, 1.807) is 0 Å². The molecule has 0 bridgehead atoms. The molecule has 1 heteroatoms. The summed E-state index contributed by atoms with van der Waals surface area (Å²) in [5, 5.41) is 0. The second-order valence-corrected chi connectivity index (χ2v) is 4.51. The standard InChI is InChI=1S/C12H16O/c1-9-8-10-4-6-12(2,3)7-5-11(10)13-9/h4-7,9H,8H2,1-3H3/t9-/m0/s1. The Hall–Kier alpha value is -0.980. The van der Waals surface area contributed by atoms with Crippen LogP contribution in [0.3, 0.4) is 0 Å². The quantitative estimate of drug-likeness (QED) is 0.550. The summed E-state index contributed by atoms with van der Waals surface area (Å²) in [5.41, 5.74) is 1.51. The molecule has 0 saturated heterocycles. The van der Waals surface area contributed by atoms with Gasteiger partial charge in [-0.1, -0.05) is 32.1 Å². The van der Waals surface area contributed by atoms with E-state index in [2.05, 4.69) is 45.1 Å². The Kier molecular flexibility index (Phi) is 1.83. The molecule has 0 spiro atoms. The van der Waals surface area contributed by atoms with Crippen LogP contribution in [0.25, 0.3) is 0 Å². The van der Waals surface area contributed by atoms with Crippen LogP contribution in [0.4, 0.5) is 0 Å². The van der Waals surface area contributed by atoms with Crippen LogP contribution in [0, 0.1) is 5.41 Å². The summed E-state index contributed by atoms with van der Waals surface area (Å²) in [6, 6.07) is 0. The zero-order chi connectivity index (χ0) is 9.47. The van der Waals surface area contributed by atoms with E-state index in [1.807, 2.05) is 0 Å². The van der Waals surface area contributed by atoms with E-state index in [-0.39, 0.29) is 5.41 Å². The fourth-order valence-corrected chi connectivity index (χ4v) is 1.70.